The molecule has 2 aromatic heterocycles. The van der Waals surface area contributed by atoms with E-state index in [1.807, 2.05) is 24.4 Å². The first-order valence-electron chi connectivity index (χ1n) is 6.24. The molecule has 0 spiro atoms. The molecule has 3 rings (SSSR count). The second kappa shape index (κ2) is 5.09. The number of rotatable bonds is 3. The van der Waals surface area contributed by atoms with Crippen molar-refractivity contribution in [1.29, 1.82) is 0 Å². The highest BCUT2D eigenvalue weighted by Crippen LogP contribution is 2.34. The van der Waals surface area contributed by atoms with Gasteiger partial charge in [0.15, 0.2) is 0 Å². The van der Waals surface area contributed by atoms with Gasteiger partial charge < -0.3 is 14.8 Å². The highest BCUT2D eigenvalue weighted by molar-refractivity contribution is 5.75. The molecular formula is C16H14N2O2. The molecule has 0 amide bonds. The third-order valence-corrected chi connectivity index (χ3v) is 3.14. The minimum absolute atomic E-state index is 0.200. The van der Waals surface area contributed by atoms with E-state index in [0.29, 0.717) is 5.75 Å². The molecule has 0 atom stereocenters. The van der Waals surface area contributed by atoms with Crippen LogP contribution in [0, 0.1) is 0 Å². The fourth-order valence-corrected chi connectivity index (χ4v) is 2.17. The van der Waals surface area contributed by atoms with Crippen molar-refractivity contribution in [1.82, 2.24) is 9.97 Å². The third kappa shape index (κ3) is 2.23. The van der Waals surface area contributed by atoms with Crippen LogP contribution in [0.1, 0.15) is 0 Å². The molecule has 2 N–H and O–H groups in total. The number of pyridine rings is 1. The summed E-state index contributed by atoms with van der Waals surface area (Å²) in [5, 5.41) is 9.67. The van der Waals surface area contributed by atoms with Gasteiger partial charge in [0, 0.05) is 41.0 Å². The van der Waals surface area contributed by atoms with Crippen molar-refractivity contribution in [2.45, 2.75) is 0 Å². The van der Waals surface area contributed by atoms with Crippen molar-refractivity contribution in [2.24, 2.45) is 0 Å². The molecule has 3 aromatic rings. The molecule has 0 saturated heterocycles. The van der Waals surface area contributed by atoms with Crippen molar-refractivity contribution in [2.75, 3.05) is 7.11 Å². The first kappa shape index (κ1) is 12.3. The number of nitrogens with zero attached hydrogens (tertiary/aromatic N) is 1. The van der Waals surface area contributed by atoms with Crippen molar-refractivity contribution >= 4 is 0 Å². The van der Waals surface area contributed by atoms with E-state index in [1.54, 1.807) is 37.7 Å². The van der Waals surface area contributed by atoms with Gasteiger partial charge in [-0.15, -0.1) is 0 Å². The SMILES string of the molecule is COc1ccc(O)cc1-c1cncc(-c2ccc[nH]2)c1. The van der Waals surface area contributed by atoms with Crippen LogP contribution in [0.3, 0.4) is 0 Å². The highest BCUT2D eigenvalue weighted by Gasteiger charge is 2.09. The number of benzene rings is 1. The zero-order chi connectivity index (χ0) is 13.9. The zero-order valence-corrected chi connectivity index (χ0v) is 11.0. The summed E-state index contributed by atoms with van der Waals surface area (Å²) < 4.78 is 5.34. The van der Waals surface area contributed by atoms with Gasteiger partial charge in [-0.25, -0.2) is 0 Å². The summed E-state index contributed by atoms with van der Waals surface area (Å²) in [6, 6.07) is 11.0. The molecule has 0 radical (unpaired) electrons. The van der Waals surface area contributed by atoms with Gasteiger partial charge in [-0.1, -0.05) is 0 Å². The minimum Gasteiger partial charge on any atom is -0.508 e. The lowest BCUT2D eigenvalue weighted by Gasteiger charge is -2.09. The maximum absolute atomic E-state index is 9.67. The van der Waals surface area contributed by atoms with Crippen LogP contribution >= 0.6 is 0 Å². The van der Waals surface area contributed by atoms with Gasteiger partial charge in [-0.2, -0.15) is 0 Å². The van der Waals surface area contributed by atoms with Gasteiger partial charge in [0.1, 0.15) is 11.5 Å². The van der Waals surface area contributed by atoms with E-state index in [0.717, 1.165) is 22.4 Å². The van der Waals surface area contributed by atoms with Gasteiger partial charge >= 0.3 is 0 Å². The number of phenols is 1. The van der Waals surface area contributed by atoms with E-state index >= 15 is 0 Å². The average molecular weight is 266 g/mol. The summed E-state index contributed by atoms with van der Waals surface area (Å²) in [5.74, 6) is 0.902. The first-order chi connectivity index (χ1) is 9.78. The monoisotopic (exact) mass is 266 g/mol. The second-order valence-corrected chi connectivity index (χ2v) is 4.43. The second-order valence-electron chi connectivity index (χ2n) is 4.43. The van der Waals surface area contributed by atoms with Crippen LogP contribution in [0.4, 0.5) is 0 Å². The highest BCUT2D eigenvalue weighted by atomic mass is 16.5. The quantitative estimate of drug-likeness (QED) is 0.763. The number of aromatic amines is 1. The summed E-state index contributed by atoms with van der Waals surface area (Å²) >= 11 is 0. The average Bonchev–Trinajstić information content (AvgIpc) is 3.01. The van der Waals surface area contributed by atoms with Crippen molar-refractivity contribution in [3.8, 4) is 33.9 Å². The molecule has 100 valence electrons. The summed E-state index contributed by atoms with van der Waals surface area (Å²) in [6.07, 6.45) is 5.42. The molecule has 0 aliphatic carbocycles. The van der Waals surface area contributed by atoms with Crippen LogP contribution in [-0.2, 0) is 0 Å². The lowest BCUT2D eigenvalue weighted by molar-refractivity contribution is 0.414. The number of methoxy groups -OCH3 is 1. The topological polar surface area (TPSA) is 58.1 Å². The molecular weight excluding hydrogens is 252 g/mol. The van der Waals surface area contributed by atoms with Crippen LogP contribution < -0.4 is 4.74 Å². The molecule has 0 aliphatic heterocycles. The van der Waals surface area contributed by atoms with E-state index in [2.05, 4.69) is 9.97 Å². The Balaban J connectivity index is 2.11. The first-order valence-corrected chi connectivity index (χ1v) is 6.24. The summed E-state index contributed by atoms with van der Waals surface area (Å²) in [5.41, 5.74) is 3.69. The lowest BCUT2D eigenvalue weighted by Crippen LogP contribution is -1.89. The Kier molecular flexibility index (Phi) is 3.13. The molecule has 0 unspecified atom stereocenters. The standard InChI is InChI=1S/C16H14N2O2/c1-20-16-5-4-13(19)8-14(16)11-7-12(10-17-9-11)15-3-2-6-18-15/h2-10,18-19H,1H3. The van der Waals surface area contributed by atoms with Crippen LogP contribution in [0.25, 0.3) is 22.4 Å². The molecule has 0 fully saturated rings. The van der Waals surface area contributed by atoms with Gasteiger partial charge in [0.05, 0.1) is 7.11 Å². The number of aromatic hydroxyl groups is 1. The minimum atomic E-state index is 0.200. The Labute approximate surface area is 116 Å². The third-order valence-electron chi connectivity index (χ3n) is 3.14. The van der Waals surface area contributed by atoms with E-state index in [1.165, 1.54) is 0 Å². The maximum Gasteiger partial charge on any atom is 0.127 e. The maximum atomic E-state index is 9.67. The molecule has 2 heterocycles. The van der Waals surface area contributed by atoms with Gasteiger partial charge in [0.2, 0.25) is 0 Å². The van der Waals surface area contributed by atoms with Crippen LogP contribution in [-0.4, -0.2) is 22.2 Å². The summed E-state index contributed by atoms with van der Waals surface area (Å²) in [7, 11) is 1.61. The van der Waals surface area contributed by atoms with Crippen LogP contribution in [0.5, 0.6) is 11.5 Å². The molecule has 4 heteroatoms. The molecule has 0 aliphatic rings. The molecule has 4 nitrogen and oxygen atoms in total. The number of aromatic nitrogens is 2. The number of hydrogen-bond donors (Lipinski definition) is 2. The lowest BCUT2D eigenvalue weighted by atomic mass is 10.0. The van der Waals surface area contributed by atoms with Crippen molar-refractivity contribution in [3.63, 3.8) is 0 Å². The van der Waals surface area contributed by atoms with Gasteiger partial charge in [-0.3, -0.25) is 4.98 Å². The van der Waals surface area contributed by atoms with E-state index < -0.39 is 0 Å². The number of ether oxygens (including phenoxy) is 1. The predicted octanol–water partition coefficient (Wildman–Crippen LogP) is 3.46. The largest absolute Gasteiger partial charge is 0.508 e. The van der Waals surface area contributed by atoms with E-state index in [-0.39, 0.29) is 5.75 Å². The summed E-state index contributed by atoms with van der Waals surface area (Å²) in [4.78, 5) is 7.42. The Bertz CT molecular complexity index is 721. The number of hydrogen-bond acceptors (Lipinski definition) is 3. The van der Waals surface area contributed by atoms with E-state index in [9.17, 15) is 5.11 Å². The van der Waals surface area contributed by atoms with Crippen molar-refractivity contribution < 1.29 is 9.84 Å². The molecule has 20 heavy (non-hydrogen) atoms. The number of nitrogens with one attached hydrogen (secondary N) is 1. The zero-order valence-electron chi connectivity index (χ0n) is 11.0. The Morgan fingerprint density at radius 3 is 2.70 bits per heavy atom. The van der Waals surface area contributed by atoms with Gasteiger partial charge in [0.25, 0.3) is 0 Å². The number of phenolic OH excluding ortho intramolecular Hbond substituents is 1. The predicted molar refractivity (Wildman–Crippen MR) is 77.7 cm³/mol. The van der Waals surface area contributed by atoms with Gasteiger partial charge in [-0.05, 0) is 36.4 Å². The van der Waals surface area contributed by atoms with Crippen molar-refractivity contribution in [3.05, 3.63) is 55.0 Å². The fourth-order valence-electron chi connectivity index (χ4n) is 2.17. The van der Waals surface area contributed by atoms with Crippen LogP contribution in [0.2, 0.25) is 0 Å². The van der Waals surface area contributed by atoms with E-state index in [4.69, 9.17) is 4.74 Å². The smallest absolute Gasteiger partial charge is 0.127 e. The van der Waals surface area contributed by atoms with Crippen LogP contribution in [0.15, 0.2) is 55.0 Å². The molecule has 1 aromatic carbocycles. The fraction of sp³-hybridized carbons (Fsp3) is 0.0625. The normalized spacial score (nSPS) is 10.4. The Morgan fingerprint density at radius 1 is 1.10 bits per heavy atom. The molecule has 0 saturated carbocycles. The Hall–Kier alpha value is -2.75. The Morgan fingerprint density at radius 2 is 1.95 bits per heavy atom. The number of H-pyrrole nitrogens is 1. The summed E-state index contributed by atoms with van der Waals surface area (Å²) in [6.45, 7) is 0. The molecule has 0 bridgehead atoms.